The highest BCUT2D eigenvalue weighted by molar-refractivity contribution is 4.63. The maximum atomic E-state index is 5.53. The lowest BCUT2D eigenvalue weighted by atomic mass is 10.1. The van der Waals surface area contributed by atoms with Gasteiger partial charge in [0.25, 0.3) is 0 Å². The van der Waals surface area contributed by atoms with Gasteiger partial charge in [-0.2, -0.15) is 0 Å². The van der Waals surface area contributed by atoms with Crippen molar-refractivity contribution in [1.82, 2.24) is 0 Å². The van der Waals surface area contributed by atoms with Crippen LogP contribution in [0.2, 0.25) is 0 Å². The minimum Gasteiger partial charge on any atom is -0.499 e. The van der Waals surface area contributed by atoms with Crippen molar-refractivity contribution in [2.45, 2.75) is 31.8 Å². The molecule has 1 aliphatic rings. The van der Waals surface area contributed by atoms with Crippen molar-refractivity contribution in [1.29, 1.82) is 0 Å². The zero-order valence-corrected chi connectivity index (χ0v) is 6.92. The zero-order valence-electron chi connectivity index (χ0n) is 6.92. The number of rotatable bonds is 3. The van der Waals surface area contributed by atoms with E-state index in [2.05, 4.69) is 6.58 Å². The molecule has 2 heteroatoms. The lowest BCUT2D eigenvalue weighted by Crippen LogP contribution is -2.17. The van der Waals surface area contributed by atoms with Crippen molar-refractivity contribution in [3.8, 4) is 0 Å². The van der Waals surface area contributed by atoms with Gasteiger partial charge in [0.1, 0.15) is 6.61 Å². The maximum absolute atomic E-state index is 5.53. The van der Waals surface area contributed by atoms with E-state index < -0.39 is 0 Å². The zero-order chi connectivity index (χ0) is 7.94. The minimum atomic E-state index is 0.301. The highest BCUT2D eigenvalue weighted by atomic mass is 16.5. The molecule has 64 valence electrons. The van der Waals surface area contributed by atoms with Crippen LogP contribution in [0.1, 0.15) is 25.7 Å². The molecule has 0 bridgehead atoms. The first-order valence-corrected chi connectivity index (χ1v) is 4.27. The summed E-state index contributed by atoms with van der Waals surface area (Å²) in [5.41, 5.74) is 0. The number of hydrogen-bond donors (Lipinski definition) is 0. The van der Waals surface area contributed by atoms with Crippen LogP contribution in [-0.4, -0.2) is 19.3 Å². The van der Waals surface area contributed by atoms with E-state index >= 15 is 0 Å². The van der Waals surface area contributed by atoms with Crippen LogP contribution in [0.15, 0.2) is 12.8 Å². The van der Waals surface area contributed by atoms with Crippen molar-refractivity contribution < 1.29 is 9.47 Å². The van der Waals surface area contributed by atoms with E-state index in [0.29, 0.717) is 12.7 Å². The molecule has 0 aromatic rings. The third kappa shape index (κ3) is 3.42. The van der Waals surface area contributed by atoms with Gasteiger partial charge in [0.15, 0.2) is 0 Å². The molecule has 0 spiro atoms. The van der Waals surface area contributed by atoms with Crippen LogP contribution in [0.4, 0.5) is 0 Å². The van der Waals surface area contributed by atoms with Crippen molar-refractivity contribution in [2.75, 3.05) is 13.2 Å². The molecule has 1 fully saturated rings. The Kier molecular flexibility index (Phi) is 4.06. The molecule has 0 aromatic carbocycles. The molecular formula is C9H16O2. The third-order valence-electron chi connectivity index (χ3n) is 1.92. The predicted octanol–water partition coefficient (Wildman–Crippen LogP) is 2.11. The van der Waals surface area contributed by atoms with Crippen LogP contribution in [0.25, 0.3) is 0 Å². The van der Waals surface area contributed by atoms with Gasteiger partial charge in [-0.15, -0.1) is 0 Å². The average molecular weight is 156 g/mol. The lowest BCUT2D eigenvalue weighted by Gasteiger charge is -2.13. The highest BCUT2D eigenvalue weighted by Crippen LogP contribution is 2.12. The molecule has 0 N–H and O–H groups in total. The van der Waals surface area contributed by atoms with E-state index in [4.69, 9.17) is 9.47 Å². The molecule has 1 unspecified atom stereocenters. The van der Waals surface area contributed by atoms with Gasteiger partial charge in [-0.1, -0.05) is 19.4 Å². The van der Waals surface area contributed by atoms with Gasteiger partial charge in [-0.3, -0.25) is 0 Å². The normalized spacial score (nSPS) is 25.6. The molecular weight excluding hydrogens is 140 g/mol. The molecule has 0 saturated carbocycles. The van der Waals surface area contributed by atoms with Crippen LogP contribution >= 0.6 is 0 Å². The van der Waals surface area contributed by atoms with Crippen LogP contribution < -0.4 is 0 Å². The summed E-state index contributed by atoms with van der Waals surface area (Å²) in [6.07, 6.45) is 6.68. The Morgan fingerprint density at radius 2 is 2.36 bits per heavy atom. The van der Waals surface area contributed by atoms with E-state index in [1.807, 2.05) is 0 Å². The first-order chi connectivity index (χ1) is 5.43. The summed E-state index contributed by atoms with van der Waals surface area (Å²) in [6.45, 7) is 5.05. The Morgan fingerprint density at radius 1 is 1.45 bits per heavy atom. The summed E-state index contributed by atoms with van der Waals surface area (Å²) in [7, 11) is 0. The SMILES string of the molecule is C=COCC1CCCCCO1. The van der Waals surface area contributed by atoms with Gasteiger partial charge < -0.3 is 9.47 Å². The molecule has 0 aromatic heterocycles. The monoisotopic (exact) mass is 156 g/mol. The topological polar surface area (TPSA) is 18.5 Å². The van der Waals surface area contributed by atoms with Gasteiger partial charge in [0.05, 0.1) is 12.4 Å². The Labute approximate surface area is 68.2 Å². The molecule has 0 amide bonds. The Hall–Kier alpha value is -0.500. The van der Waals surface area contributed by atoms with Gasteiger partial charge in [-0.05, 0) is 12.8 Å². The van der Waals surface area contributed by atoms with Crippen molar-refractivity contribution in [2.24, 2.45) is 0 Å². The highest BCUT2D eigenvalue weighted by Gasteiger charge is 2.11. The summed E-state index contributed by atoms with van der Waals surface area (Å²) in [5, 5.41) is 0. The Morgan fingerprint density at radius 3 is 3.18 bits per heavy atom. The fourth-order valence-electron chi connectivity index (χ4n) is 1.29. The van der Waals surface area contributed by atoms with Crippen LogP contribution in [0.3, 0.4) is 0 Å². The largest absolute Gasteiger partial charge is 0.499 e. The quantitative estimate of drug-likeness (QED) is 0.582. The third-order valence-corrected chi connectivity index (χ3v) is 1.92. The molecule has 1 atom stereocenters. The summed E-state index contributed by atoms with van der Waals surface area (Å²) < 4.78 is 10.6. The second kappa shape index (κ2) is 5.19. The van der Waals surface area contributed by atoms with E-state index in [1.54, 1.807) is 0 Å². The first-order valence-electron chi connectivity index (χ1n) is 4.27. The van der Waals surface area contributed by atoms with Crippen LogP contribution in [0.5, 0.6) is 0 Å². The lowest BCUT2D eigenvalue weighted by molar-refractivity contribution is 0.0126. The summed E-state index contributed by atoms with van der Waals surface area (Å²) in [6, 6.07) is 0. The fourth-order valence-corrected chi connectivity index (χ4v) is 1.29. The minimum absolute atomic E-state index is 0.301. The van der Waals surface area contributed by atoms with Crippen LogP contribution in [0, 0.1) is 0 Å². The molecule has 1 saturated heterocycles. The van der Waals surface area contributed by atoms with E-state index in [0.717, 1.165) is 13.0 Å². The standard InChI is InChI=1S/C9H16O2/c1-2-10-8-9-6-4-3-5-7-11-9/h2,9H,1,3-8H2. The maximum Gasteiger partial charge on any atom is 0.113 e. The Bertz CT molecular complexity index is 104. The van der Waals surface area contributed by atoms with Crippen molar-refractivity contribution >= 4 is 0 Å². The van der Waals surface area contributed by atoms with Crippen molar-refractivity contribution in [3.05, 3.63) is 12.8 Å². The summed E-state index contributed by atoms with van der Waals surface area (Å²) in [4.78, 5) is 0. The smallest absolute Gasteiger partial charge is 0.113 e. The number of hydrogen-bond acceptors (Lipinski definition) is 2. The summed E-state index contributed by atoms with van der Waals surface area (Å²) >= 11 is 0. The molecule has 2 nitrogen and oxygen atoms in total. The molecule has 11 heavy (non-hydrogen) atoms. The fraction of sp³-hybridized carbons (Fsp3) is 0.778. The van der Waals surface area contributed by atoms with Crippen LogP contribution in [-0.2, 0) is 9.47 Å². The second-order valence-corrected chi connectivity index (χ2v) is 2.84. The van der Waals surface area contributed by atoms with E-state index in [9.17, 15) is 0 Å². The molecule has 0 aliphatic carbocycles. The van der Waals surface area contributed by atoms with Gasteiger partial charge in [-0.25, -0.2) is 0 Å². The first kappa shape index (κ1) is 8.60. The average Bonchev–Trinajstić information content (AvgIpc) is 2.28. The number of ether oxygens (including phenoxy) is 2. The van der Waals surface area contributed by atoms with Gasteiger partial charge in [0, 0.05) is 6.61 Å². The van der Waals surface area contributed by atoms with E-state index in [1.165, 1.54) is 25.5 Å². The summed E-state index contributed by atoms with van der Waals surface area (Å²) in [5.74, 6) is 0. The molecule has 0 radical (unpaired) electrons. The molecule has 1 heterocycles. The Balaban J connectivity index is 2.14. The van der Waals surface area contributed by atoms with Gasteiger partial charge in [0.2, 0.25) is 0 Å². The molecule has 1 rings (SSSR count). The van der Waals surface area contributed by atoms with E-state index in [-0.39, 0.29) is 0 Å². The predicted molar refractivity (Wildman–Crippen MR) is 44.4 cm³/mol. The van der Waals surface area contributed by atoms with Gasteiger partial charge >= 0.3 is 0 Å². The van der Waals surface area contributed by atoms with Crippen molar-refractivity contribution in [3.63, 3.8) is 0 Å². The second-order valence-electron chi connectivity index (χ2n) is 2.84. The molecule has 1 aliphatic heterocycles.